The van der Waals surface area contributed by atoms with Crippen molar-refractivity contribution in [3.8, 4) is 11.1 Å². The van der Waals surface area contributed by atoms with Gasteiger partial charge >= 0.3 is 0 Å². The van der Waals surface area contributed by atoms with Crippen LogP contribution in [0.1, 0.15) is 0 Å². The first kappa shape index (κ1) is 11.4. The lowest BCUT2D eigenvalue weighted by Crippen LogP contribution is -2.01. The van der Waals surface area contributed by atoms with Crippen LogP contribution in [0.2, 0.25) is 0 Å². The first-order valence-corrected chi connectivity index (χ1v) is 6.68. The van der Waals surface area contributed by atoms with Gasteiger partial charge in [-0.15, -0.1) is 0 Å². The molecule has 4 rings (SSSR count). The molecule has 0 spiro atoms. The minimum atomic E-state index is 0.792. The van der Waals surface area contributed by atoms with E-state index in [2.05, 4.69) is 53.5 Å². The van der Waals surface area contributed by atoms with Crippen LogP contribution in [0.15, 0.2) is 66.7 Å². The number of benzene rings is 3. The summed E-state index contributed by atoms with van der Waals surface area (Å²) in [4.78, 5) is 3.40. The molecule has 0 unspecified atom stereocenters. The lowest BCUT2D eigenvalue weighted by molar-refractivity contribution is 1.56. The summed E-state index contributed by atoms with van der Waals surface area (Å²) < 4.78 is 0. The van der Waals surface area contributed by atoms with Crippen LogP contribution in [-0.2, 0) is 0 Å². The van der Waals surface area contributed by atoms with Crippen LogP contribution in [0, 0.1) is 0 Å². The van der Waals surface area contributed by atoms with E-state index in [-0.39, 0.29) is 0 Å². The smallest absolute Gasteiger partial charge is 0.116 e. The van der Waals surface area contributed by atoms with Crippen LogP contribution in [0.5, 0.6) is 0 Å². The summed E-state index contributed by atoms with van der Waals surface area (Å²) in [5, 5.41) is 2.39. The first-order valence-electron chi connectivity index (χ1n) is 6.68. The van der Waals surface area contributed by atoms with Crippen LogP contribution >= 0.6 is 0 Å². The second kappa shape index (κ2) is 4.27. The van der Waals surface area contributed by atoms with Crippen LogP contribution in [0.25, 0.3) is 32.9 Å². The van der Waals surface area contributed by atoms with E-state index in [0.717, 1.165) is 16.5 Å². The van der Waals surface area contributed by atoms with Crippen molar-refractivity contribution in [3.05, 3.63) is 66.7 Å². The van der Waals surface area contributed by atoms with Crippen LogP contribution in [0.4, 0.5) is 0 Å². The van der Waals surface area contributed by atoms with Gasteiger partial charge in [0.2, 0.25) is 0 Å². The number of aromatic nitrogens is 1. The van der Waals surface area contributed by atoms with Gasteiger partial charge in [-0.05, 0) is 23.3 Å². The van der Waals surface area contributed by atoms with Gasteiger partial charge in [0.25, 0.3) is 0 Å². The van der Waals surface area contributed by atoms with Gasteiger partial charge in [-0.2, -0.15) is 0 Å². The number of para-hydroxylation sites is 1. The molecule has 0 aliphatic heterocycles. The highest BCUT2D eigenvalue weighted by Crippen LogP contribution is 2.29. The minimum absolute atomic E-state index is 0.792. The van der Waals surface area contributed by atoms with Crippen molar-refractivity contribution in [2.75, 3.05) is 0 Å². The normalized spacial score (nSPS) is 11.2. The van der Waals surface area contributed by atoms with E-state index < -0.39 is 0 Å². The Bertz CT molecular complexity index is 907. The third kappa shape index (κ3) is 1.65. The molecule has 1 aromatic heterocycles. The van der Waals surface area contributed by atoms with Gasteiger partial charge in [0.15, 0.2) is 0 Å². The van der Waals surface area contributed by atoms with Crippen LogP contribution in [0.3, 0.4) is 0 Å². The molecule has 1 N–H and O–H groups in total. The van der Waals surface area contributed by atoms with Crippen LogP contribution < -0.4 is 5.46 Å². The molecule has 92 valence electrons. The maximum Gasteiger partial charge on any atom is 0.116 e. The molecule has 0 bridgehead atoms. The van der Waals surface area contributed by atoms with E-state index in [0.29, 0.717) is 0 Å². The topological polar surface area (TPSA) is 15.8 Å². The molecule has 1 heterocycles. The number of rotatable bonds is 1. The maximum atomic E-state index is 6.04. The average molecular weight is 253 g/mol. The summed E-state index contributed by atoms with van der Waals surface area (Å²) in [7, 11) is 6.04. The van der Waals surface area contributed by atoms with Crippen molar-refractivity contribution in [1.29, 1.82) is 0 Å². The number of nitrogens with one attached hydrogen (secondary N) is 1. The Morgan fingerprint density at radius 3 is 2.40 bits per heavy atom. The quantitative estimate of drug-likeness (QED) is 0.497. The van der Waals surface area contributed by atoms with Gasteiger partial charge in [0.1, 0.15) is 7.85 Å². The fraction of sp³-hybridized carbons (Fsp3) is 0. The number of aromatic amines is 1. The summed E-state index contributed by atoms with van der Waals surface area (Å²) in [6.07, 6.45) is 0. The monoisotopic (exact) mass is 253 g/mol. The Kier molecular flexibility index (Phi) is 2.43. The summed E-state index contributed by atoms with van der Waals surface area (Å²) in [5.74, 6) is 0. The van der Waals surface area contributed by atoms with Crippen molar-refractivity contribution in [2.45, 2.75) is 0 Å². The molecule has 1 nitrogen and oxygen atoms in total. The Hall–Kier alpha value is -2.48. The van der Waals surface area contributed by atoms with E-state index >= 15 is 0 Å². The van der Waals surface area contributed by atoms with Gasteiger partial charge < -0.3 is 4.98 Å². The molecule has 0 saturated heterocycles. The lowest BCUT2D eigenvalue weighted by Gasteiger charge is -2.01. The maximum absolute atomic E-state index is 6.04. The minimum Gasteiger partial charge on any atom is -0.355 e. The predicted molar refractivity (Wildman–Crippen MR) is 86.6 cm³/mol. The number of fused-ring (bicyclic) bond motifs is 3. The SMILES string of the molecule is [B]c1cccc2c1[nH]c1ccc(-c3ccccc3)cc12. The summed E-state index contributed by atoms with van der Waals surface area (Å²) >= 11 is 0. The molecule has 3 aromatic carbocycles. The molecule has 0 saturated carbocycles. The van der Waals surface area contributed by atoms with Gasteiger partial charge in [0, 0.05) is 21.8 Å². The zero-order chi connectivity index (χ0) is 13.5. The Balaban J connectivity index is 2.04. The second-order valence-electron chi connectivity index (χ2n) is 5.02. The molecule has 0 fully saturated rings. The Morgan fingerprint density at radius 1 is 0.700 bits per heavy atom. The molecule has 4 aromatic rings. The Labute approximate surface area is 118 Å². The fourth-order valence-corrected chi connectivity index (χ4v) is 2.76. The van der Waals surface area contributed by atoms with Crippen molar-refractivity contribution >= 4 is 35.1 Å². The molecule has 2 radical (unpaired) electrons. The lowest BCUT2D eigenvalue weighted by atomic mass is 9.93. The highest BCUT2D eigenvalue weighted by Gasteiger charge is 2.07. The zero-order valence-electron chi connectivity index (χ0n) is 10.9. The zero-order valence-corrected chi connectivity index (χ0v) is 10.9. The first-order chi connectivity index (χ1) is 9.83. The second-order valence-corrected chi connectivity index (χ2v) is 5.02. The third-order valence-corrected chi connectivity index (χ3v) is 3.77. The molecule has 2 heteroatoms. The van der Waals surface area contributed by atoms with Crippen LogP contribution in [-0.4, -0.2) is 12.8 Å². The third-order valence-electron chi connectivity index (χ3n) is 3.77. The summed E-state index contributed by atoms with van der Waals surface area (Å²) in [6.45, 7) is 0. The summed E-state index contributed by atoms with van der Waals surface area (Å²) in [5.41, 5.74) is 5.39. The average Bonchev–Trinajstić information content (AvgIpc) is 2.88. The Morgan fingerprint density at radius 2 is 1.55 bits per heavy atom. The van der Waals surface area contributed by atoms with Gasteiger partial charge in [-0.25, -0.2) is 0 Å². The highest BCUT2D eigenvalue weighted by molar-refractivity contribution is 6.39. The number of hydrogen-bond donors (Lipinski definition) is 1. The standard InChI is InChI=1S/C18H12BN/c19-16-8-4-7-14-15-11-13(12-5-2-1-3-6-12)9-10-17(15)20-18(14)16/h1-11,20H. The molecule has 0 amide bonds. The van der Waals surface area contributed by atoms with E-state index in [9.17, 15) is 0 Å². The van der Waals surface area contributed by atoms with Crippen molar-refractivity contribution < 1.29 is 0 Å². The van der Waals surface area contributed by atoms with Gasteiger partial charge in [0.05, 0.1) is 0 Å². The van der Waals surface area contributed by atoms with Gasteiger partial charge in [-0.1, -0.05) is 60.1 Å². The molecular weight excluding hydrogens is 241 g/mol. The summed E-state index contributed by atoms with van der Waals surface area (Å²) in [6, 6.07) is 22.9. The van der Waals surface area contributed by atoms with Crippen molar-refractivity contribution in [1.82, 2.24) is 4.98 Å². The fourth-order valence-electron chi connectivity index (χ4n) is 2.76. The van der Waals surface area contributed by atoms with E-state index in [1.54, 1.807) is 0 Å². The van der Waals surface area contributed by atoms with Crippen molar-refractivity contribution in [2.24, 2.45) is 0 Å². The molecule has 20 heavy (non-hydrogen) atoms. The molecule has 0 aliphatic rings. The van der Waals surface area contributed by atoms with E-state index in [1.807, 2.05) is 18.2 Å². The van der Waals surface area contributed by atoms with E-state index in [4.69, 9.17) is 7.85 Å². The van der Waals surface area contributed by atoms with E-state index in [1.165, 1.54) is 21.9 Å². The largest absolute Gasteiger partial charge is 0.355 e. The molecule has 0 aliphatic carbocycles. The molecule has 0 atom stereocenters. The van der Waals surface area contributed by atoms with Crippen molar-refractivity contribution in [3.63, 3.8) is 0 Å². The highest BCUT2D eigenvalue weighted by atomic mass is 14.7. The predicted octanol–water partition coefficient (Wildman–Crippen LogP) is 3.78. The molecular formula is C18H12BN. The van der Waals surface area contributed by atoms with Gasteiger partial charge in [-0.3, -0.25) is 0 Å². The number of H-pyrrole nitrogens is 1. The number of hydrogen-bond acceptors (Lipinski definition) is 0.